The van der Waals surface area contributed by atoms with Gasteiger partial charge < -0.3 is 20.3 Å². The smallest absolute Gasteiger partial charge is 0.306 e. The number of allylic oxidation sites excluding steroid dienone is 10. The highest BCUT2D eigenvalue weighted by Crippen LogP contribution is 2.18. The van der Waals surface area contributed by atoms with Crippen LogP contribution >= 0.6 is 0 Å². The molecule has 0 aromatic heterocycles. The van der Waals surface area contributed by atoms with Gasteiger partial charge in [0.2, 0.25) is 5.91 Å². The summed E-state index contributed by atoms with van der Waals surface area (Å²) in [6.07, 6.45) is 72.9. The van der Waals surface area contributed by atoms with E-state index in [9.17, 15) is 19.8 Å². The maximum atomic E-state index is 13.3. The fourth-order valence-electron chi connectivity index (χ4n) is 9.19. The fraction of sp³-hybridized carbons (Fsp3) is 0.812. The normalized spacial score (nSPS) is 13.5. The average Bonchev–Trinajstić information content (AvgIpc) is 3.35. The number of carbonyl (C=O) groups is 2. The lowest BCUT2D eigenvalue weighted by atomic mass is 10.0. The van der Waals surface area contributed by atoms with E-state index in [2.05, 4.69) is 86.8 Å². The van der Waals surface area contributed by atoms with Crippen molar-refractivity contribution in [3.8, 4) is 0 Å². The minimum atomic E-state index is -0.800. The molecule has 0 aliphatic heterocycles. The van der Waals surface area contributed by atoms with Crippen molar-refractivity contribution in [1.29, 1.82) is 0 Å². The van der Waals surface area contributed by atoms with Gasteiger partial charge in [-0.15, -0.1) is 0 Å². The maximum absolute atomic E-state index is 13.3. The van der Waals surface area contributed by atoms with Crippen LogP contribution in [0.3, 0.4) is 0 Å². The second-order valence-corrected chi connectivity index (χ2v) is 20.8. The van der Waals surface area contributed by atoms with E-state index in [1.165, 1.54) is 173 Å². The van der Waals surface area contributed by atoms with E-state index in [-0.39, 0.29) is 24.9 Å². The monoisotopic (exact) mass is 980 g/mol. The van der Waals surface area contributed by atoms with E-state index in [0.717, 1.165) is 89.9 Å². The molecule has 0 bridgehead atoms. The minimum absolute atomic E-state index is 0.0543. The van der Waals surface area contributed by atoms with Crippen LogP contribution in [-0.4, -0.2) is 46.9 Å². The molecule has 0 radical (unpaired) electrons. The molecule has 6 nitrogen and oxygen atoms in total. The highest BCUT2D eigenvalue weighted by molar-refractivity contribution is 5.77. The molecule has 408 valence electrons. The van der Waals surface area contributed by atoms with Gasteiger partial charge in [0.05, 0.1) is 25.2 Å². The number of carbonyl (C=O) groups excluding carboxylic acids is 2. The topological polar surface area (TPSA) is 95.9 Å². The van der Waals surface area contributed by atoms with Crippen LogP contribution in [0.2, 0.25) is 0 Å². The van der Waals surface area contributed by atoms with Crippen molar-refractivity contribution in [2.24, 2.45) is 0 Å². The molecule has 0 rings (SSSR count). The van der Waals surface area contributed by atoms with Crippen molar-refractivity contribution in [1.82, 2.24) is 5.32 Å². The van der Waals surface area contributed by atoms with Gasteiger partial charge in [-0.3, -0.25) is 9.59 Å². The fourth-order valence-corrected chi connectivity index (χ4v) is 9.19. The van der Waals surface area contributed by atoms with Crippen molar-refractivity contribution >= 4 is 11.9 Å². The molecule has 3 atom stereocenters. The van der Waals surface area contributed by atoms with E-state index in [4.69, 9.17) is 4.74 Å². The van der Waals surface area contributed by atoms with Crippen molar-refractivity contribution in [3.05, 3.63) is 60.8 Å². The number of rotatable bonds is 55. The van der Waals surface area contributed by atoms with Gasteiger partial charge in [-0.25, -0.2) is 0 Å². The molecule has 0 fully saturated rings. The van der Waals surface area contributed by atoms with Crippen LogP contribution in [0, 0.1) is 0 Å². The molecule has 0 saturated heterocycles. The lowest BCUT2D eigenvalue weighted by molar-refractivity contribution is -0.151. The largest absolute Gasteiger partial charge is 0.462 e. The number of ether oxygens (including phenoxy) is 1. The van der Waals surface area contributed by atoms with E-state index in [0.29, 0.717) is 19.3 Å². The lowest BCUT2D eigenvalue weighted by Crippen LogP contribution is -2.46. The summed E-state index contributed by atoms with van der Waals surface area (Å²) in [5, 5.41) is 23.9. The number of unbranched alkanes of at least 4 members (excludes halogenated alkanes) is 34. The molecule has 0 aromatic rings. The molecule has 70 heavy (non-hydrogen) atoms. The highest BCUT2D eigenvalue weighted by atomic mass is 16.5. The second kappa shape index (κ2) is 57.5. The van der Waals surface area contributed by atoms with Crippen molar-refractivity contribution in [3.63, 3.8) is 0 Å². The summed E-state index contributed by atoms with van der Waals surface area (Å²) in [7, 11) is 0. The molecule has 0 aliphatic rings. The van der Waals surface area contributed by atoms with Gasteiger partial charge in [0, 0.05) is 6.42 Å². The third-order valence-corrected chi connectivity index (χ3v) is 13.8. The van der Waals surface area contributed by atoms with Crippen LogP contribution in [-0.2, 0) is 14.3 Å². The van der Waals surface area contributed by atoms with Gasteiger partial charge in [0.1, 0.15) is 6.10 Å². The third-order valence-electron chi connectivity index (χ3n) is 13.8. The van der Waals surface area contributed by atoms with Crippen molar-refractivity contribution < 1.29 is 24.5 Å². The molecule has 3 unspecified atom stereocenters. The maximum Gasteiger partial charge on any atom is 0.306 e. The number of hydrogen-bond acceptors (Lipinski definition) is 5. The summed E-state index contributed by atoms with van der Waals surface area (Å²) >= 11 is 0. The van der Waals surface area contributed by atoms with Crippen molar-refractivity contribution in [2.75, 3.05) is 6.61 Å². The number of nitrogens with one attached hydrogen (secondary N) is 1. The Morgan fingerprint density at radius 3 is 1.23 bits per heavy atom. The minimum Gasteiger partial charge on any atom is -0.462 e. The summed E-state index contributed by atoms with van der Waals surface area (Å²) < 4.78 is 5.96. The summed E-state index contributed by atoms with van der Waals surface area (Å²) in [6.45, 7) is 6.48. The molecule has 0 aromatic carbocycles. The van der Waals surface area contributed by atoms with Gasteiger partial charge >= 0.3 is 5.97 Å². The summed E-state index contributed by atoms with van der Waals surface area (Å²) in [4.78, 5) is 26.3. The molecule has 0 saturated carbocycles. The first-order valence-corrected chi connectivity index (χ1v) is 30.5. The van der Waals surface area contributed by atoms with Gasteiger partial charge in [-0.2, -0.15) is 0 Å². The van der Waals surface area contributed by atoms with Gasteiger partial charge in [0.15, 0.2) is 0 Å². The SMILES string of the molecule is CCCCC/C=C\C/C=C\C/C=C\CCCCCCCCC(=O)OC(CCCCC/C=C/C=C/CCCCCCCCC)CC(=O)NC(CO)C(O)CCCCCCCCCCCCCCCCCC. The van der Waals surface area contributed by atoms with E-state index < -0.39 is 18.2 Å². The highest BCUT2D eigenvalue weighted by Gasteiger charge is 2.24. The zero-order valence-corrected chi connectivity index (χ0v) is 46.7. The number of amides is 1. The first kappa shape index (κ1) is 67.6. The summed E-state index contributed by atoms with van der Waals surface area (Å²) in [5.41, 5.74) is 0. The van der Waals surface area contributed by atoms with Crippen LogP contribution < -0.4 is 5.32 Å². The van der Waals surface area contributed by atoms with E-state index in [1.54, 1.807) is 0 Å². The Kier molecular flexibility index (Phi) is 55.5. The first-order chi connectivity index (χ1) is 34.5. The Morgan fingerprint density at radius 1 is 0.429 bits per heavy atom. The van der Waals surface area contributed by atoms with Gasteiger partial charge in [-0.1, -0.05) is 268 Å². The Balaban J connectivity index is 4.60. The average molecular weight is 981 g/mol. The van der Waals surface area contributed by atoms with Crippen LogP contribution in [0.5, 0.6) is 0 Å². The van der Waals surface area contributed by atoms with Crippen LogP contribution in [0.15, 0.2) is 60.8 Å². The van der Waals surface area contributed by atoms with Crippen LogP contribution in [0.1, 0.15) is 310 Å². The third kappa shape index (κ3) is 51.9. The Labute approximate surface area is 435 Å². The molecule has 0 spiro atoms. The van der Waals surface area contributed by atoms with Crippen LogP contribution in [0.25, 0.3) is 0 Å². The quantitative estimate of drug-likeness (QED) is 0.0244. The summed E-state index contributed by atoms with van der Waals surface area (Å²) in [5.74, 6) is -0.505. The Morgan fingerprint density at radius 2 is 0.771 bits per heavy atom. The molecule has 1 amide bonds. The van der Waals surface area contributed by atoms with E-state index in [1.807, 2.05) is 0 Å². The molecule has 0 aliphatic carbocycles. The predicted molar refractivity (Wildman–Crippen MR) is 305 cm³/mol. The van der Waals surface area contributed by atoms with Crippen LogP contribution in [0.4, 0.5) is 0 Å². The van der Waals surface area contributed by atoms with Gasteiger partial charge in [-0.05, 0) is 89.9 Å². The summed E-state index contributed by atoms with van der Waals surface area (Å²) in [6, 6.07) is -0.716. The number of aliphatic hydroxyl groups is 2. The number of hydrogen-bond donors (Lipinski definition) is 3. The molecule has 6 heteroatoms. The standard InChI is InChI=1S/C64H117NO5/c1-4-7-10-13-16-19-22-25-28-31-32-33-36-39-42-45-48-51-54-57-64(69)70-60(55-52-49-46-43-40-37-34-29-26-23-20-17-14-11-8-5-2)58-63(68)65-61(59-66)62(67)56-53-50-47-44-41-38-35-30-27-24-21-18-15-12-9-6-3/h16,19,25,28-29,32-34,37,40,60-62,66-67H,4-15,17-18,20-24,26-27,30-31,35-36,38-39,41-59H2,1-3H3,(H,65,68)/b19-16-,28-25-,33-32-,34-29+,40-37+. The molecule has 3 N–H and O–H groups in total. The molecular weight excluding hydrogens is 863 g/mol. The number of aliphatic hydroxyl groups excluding tert-OH is 2. The zero-order valence-electron chi connectivity index (χ0n) is 46.7. The predicted octanol–water partition coefficient (Wildman–Crippen LogP) is 19.1. The Bertz CT molecular complexity index is 1240. The lowest BCUT2D eigenvalue weighted by Gasteiger charge is -2.24. The zero-order chi connectivity index (χ0) is 50.9. The van der Waals surface area contributed by atoms with Crippen molar-refractivity contribution in [2.45, 2.75) is 328 Å². The van der Waals surface area contributed by atoms with Gasteiger partial charge in [0.25, 0.3) is 0 Å². The van der Waals surface area contributed by atoms with E-state index >= 15 is 0 Å². The Hall–Kier alpha value is -2.44. The second-order valence-electron chi connectivity index (χ2n) is 20.8. The molecule has 0 heterocycles. The number of esters is 1. The molecular formula is C64H117NO5. The first-order valence-electron chi connectivity index (χ1n) is 30.5.